The lowest BCUT2D eigenvalue weighted by Gasteiger charge is -2.30. The van der Waals surface area contributed by atoms with Crippen LogP contribution in [0.2, 0.25) is 0 Å². The molecule has 6 heteroatoms. The quantitative estimate of drug-likeness (QED) is 0.890. The Morgan fingerprint density at radius 2 is 1.80 bits per heavy atom. The summed E-state index contributed by atoms with van der Waals surface area (Å²) in [7, 11) is -3.65. The Labute approximate surface area is 119 Å². The first-order valence-electron chi connectivity index (χ1n) is 6.71. The topological polar surface area (TPSA) is 74.7 Å². The molecule has 1 N–H and O–H groups in total. The summed E-state index contributed by atoms with van der Waals surface area (Å²) >= 11 is 0. The number of carbonyl (C=O) groups is 1. The zero-order valence-corrected chi connectivity index (χ0v) is 12.1. The fourth-order valence-corrected chi connectivity index (χ4v) is 3.85. The van der Waals surface area contributed by atoms with Gasteiger partial charge in [0.1, 0.15) is 0 Å². The van der Waals surface area contributed by atoms with Crippen LogP contribution in [0.5, 0.6) is 0 Å². The standard InChI is InChI=1S/C14H19NO4S/c16-14(17)11-20(18,19)15-8-6-13(7-9-15)10-12-4-2-1-3-5-12/h1-5,13H,6-11H2,(H,16,17). The van der Waals surface area contributed by atoms with E-state index in [1.807, 2.05) is 18.2 Å². The third-order valence-electron chi connectivity index (χ3n) is 3.64. The van der Waals surface area contributed by atoms with Gasteiger partial charge in [0, 0.05) is 13.1 Å². The van der Waals surface area contributed by atoms with Gasteiger partial charge in [0.2, 0.25) is 10.0 Å². The molecule has 1 aromatic rings. The summed E-state index contributed by atoms with van der Waals surface area (Å²) in [5.74, 6) is -1.64. The Kier molecular flexibility index (Phi) is 4.77. The maximum Gasteiger partial charge on any atom is 0.320 e. The predicted molar refractivity (Wildman–Crippen MR) is 75.9 cm³/mol. The van der Waals surface area contributed by atoms with Crippen molar-refractivity contribution in [1.82, 2.24) is 4.31 Å². The third kappa shape index (κ3) is 4.05. The Morgan fingerprint density at radius 1 is 1.20 bits per heavy atom. The number of benzene rings is 1. The van der Waals surface area contributed by atoms with Crippen molar-refractivity contribution in [2.24, 2.45) is 5.92 Å². The predicted octanol–water partition coefficient (Wildman–Crippen LogP) is 1.36. The molecule has 1 heterocycles. The molecule has 0 amide bonds. The number of carboxylic acid groups (broad SMARTS) is 1. The van der Waals surface area contributed by atoms with E-state index in [1.165, 1.54) is 9.87 Å². The normalized spacial score (nSPS) is 18.0. The van der Waals surface area contributed by atoms with Crippen LogP contribution in [0.25, 0.3) is 0 Å². The number of sulfonamides is 1. The molecule has 1 aromatic carbocycles. The van der Waals surface area contributed by atoms with E-state index in [1.54, 1.807) is 0 Å². The average molecular weight is 297 g/mol. The maximum absolute atomic E-state index is 11.8. The van der Waals surface area contributed by atoms with Gasteiger partial charge < -0.3 is 5.11 Å². The molecule has 0 bridgehead atoms. The third-order valence-corrected chi connectivity index (χ3v) is 5.40. The molecule has 0 aliphatic carbocycles. The fraction of sp³-hybridized carbons (Fsp3) is 0.500. The van der Waals surface area contributed by atoms with Gasteiger partial charge in [-0.15, -0.1) is 0 Å². The van der Waals surface area contributed by atoms with Crippen LogP contribution >= 0.6 is 0 Å². The van der Waals surface area contributed by atoms with Gasteiger partial charge in [0.25, 0.3) is 0 Å². The summed E-state index contributed by atoms with van der Waals surface area (Å²) in [5.41, 5.74) is 1.26. The summed E-state index contributed by atoms with van der Waals surface area (Å²) in [6.07, 6.45) is 2.52. The first-order valence-corrected chi connectivity index (χ1v) is 8.32. The zero-order chi connectivity index (χ0) is 14.6. The van der Waals surface area contributed by atoms with Crippen LogP contribution < -0.4 is 0 Å². The molecule has 1 aliphatic rings. The highest BCUT2D eigenvalue weighted by Crippen LogP contribution is 2.23. The van der Waals surface area contributed by atoms with E-state index in [2.05, 4.69) is 12.1 Å². The lowest BCUT2D eigenvalue weighted by molar-refractivity contribution is -0.134. The average Bonchev–Trinajstić information content (AvgIpc) is 2.39. The molecule has 0 unspecified atom stereocenters. The number of hydrogen-bond donors (Lipinski definition) is 1. The molecule has 0 spiro atoms. The fourth-order valence-electron chi connectivity index (χ4n) is 2.59. The highest BCUT2D eigenvalue weighted by atomic mass is 32.2. The number of piperidine rings is 1. The van der Waals surface area contributed by atoms with Gasteiger partial charge in [-0.25, -0.2) is 12.7 Å². The number of rotatable bonds is 5. The molecular weight excluding hydrogens is 278 g/mol. The second kappa shape index (κ2) is 6.37. The van der Waals surface area contributed by atoms with Gasteiger partial charge in [0.15, 0.2) is 5.75 Å². The van der Waals surface area contributed by atoms with Crippen molar-refractivity contribution in [2.75, 3.05) is 18.8 Å². The Balaban J connectivity index is 1.88. The van der Waals surface area contributed by atoms with E-state index < -0.39 is 21.7 Å². The van der Waals surface area contributed by atoms with Crippen molar-refractivity contribution in [3.8, 4) is 0 Å². The summed E-state index contributed by atoms with van der Waals surface area (Å²) < 4.78 is 24.9. The Morgan fingerprint density at radius 3 is 2.35 bits per heavy atom. The largest absolute Gasteiger partial charge is 0.480 e. The molecule has 20 heavy (non-hydrogen) atoms. The molecule has 1 fully saturated rings. The summed E-state index contributed by atoms with van der Waals surface area (Å²) in [4.78, 5) is 10.6. The second-order valence-electron chi connectivity index (χ2n) is 5.18. The molecule has 0 saturated carbocycles. The Bertz CT molecular complexity index is 548. The van der Waals surface area contributed by atoms with E-state index >= 15 is 0 Å². The molecule has 5 nitrogen and oxygen atoms in total. The van der Waals surface area contributed by atoms with Gasteiger partial charge in [-0.2, -0.15) is 0 Å². The lowest BCUT2D eigenvalue weighted by atomic mass is 9.91. The molecule has 0 aromatic heterocycles. The maximum atomic E-state index is 11.8. The highest BCUT2D eigenvalue weighted by molar-refractivity contribution is 7.89. The number of carboxylic acids is 1. The van der Waals surface area contributed by atoms with Crippen LogP contribution in [0.15, 0.2) is 30.3 Å². The summed E-state index contributed by atoms with van der Waals surface area (Å²) in [5, 5.41) is 8.62. The van der Waals surface area contributed by atoms with Crippen molar-refractivity contribution < 1.29 is 18.3 Å². The van der Waals surface area contributed by atoms with Crippen molar-refractivity contribution in [2.45, 2.75) is 19.3 Å². The minimum absolute atomic E-state index is 0.424. The zero-order valence-electron chi connectivity index (χ0n) is 11.2. The van der Waals surface area contributed by atoms with Crippen molar-refractivity contribution >= 4 is 16.0 Å². The second-order valence-corrected chi connectivity index (χ2v) is 7.15. The molecule has 2 rings (SSSR count). The summed E-state index contributed by atoms with van der Waals surface area (Å²) in [6, 6.07) is 10.1. The Hall–Kier alpha value is -1.40. The van der Waals surface area contributed by atoms with Crippen molar-refractivity contribution in [3.63, 3.8) is 0 Å². The van der Waals surface area contributed by atoms with Crippen LogP contribution in [0, 0.1) is 5.92 Å². The monoisotopic (exact) mass is 297 g/mol. The first kappa shape index (κ1) is 15.0. The summed E-state index contributed by atoms with van der Waals surface area (Å²) in [6.45, 7) is 0.847. The molecule has 1 aliphatic heterocycles. The number of aliphatic carboxylic acids is 1. The lowest BCUT2D eigenvalue weighted by Crippen LogP contribution is -2.41. The molecule has 0 atom stereocenters. The van der Waals surface area contributed by atoms with E-state index in [-0.39, 0.29) is 0 Å². The molecular formula is C14H19NO4S. The SMILES string of the molecule is O=C(O)CS(=O)(=O)N1CCC(Cc2ccccc2)CC1. The van der Waals surface area contributed by atoms with E-state index in [0.717, 1.165) is 19.3 Å². The van der Waals surface area contributed by atoms with Gasteiger partial charge >= 0.3 is 5.97 Å². The van der Waals surface area contributed by atoms with Gasteiger partial charge in [0.05, 0.1) is 0 Å². The minimum atomic E-state index is -3.65. The van der Waals surface area contributed by atoms with Crippen LogP contribution in [0.1, 0.15) is 18.4 Å². The van der Waals surface area contributed by atoms with Crippen LogP contribution in [0.3, 0.4) is 0 Å². The van der Waals surface area contributed by atoms with Crippen LogP contribution in [-0.2, 0) is 21.2 Å². The number of nitrogens with zero attached hydrogens (tertiary/aromatic N) is 1. The minimum Gasteiger partial charge on any atom is -0.480 e. The highest BCUT2D eigenvalue weighted by Gasteiger charge is 2.29. The van der Waals surface area contributed by atoms with Gasteiger partial charge in [-0.3, -0.25) is 4.79 Å². The molecule has 1 saturated heterocycles. The van der Waals surface area contributed by atoms with Crippen molar-refractivity contribution in [1.29, 1.82) is 0 Å². The number of hydrogen-bond acceptors (Lipinski definition) is 3. The van der Waals surface area contributed by atoms with E-state index in [0.29, 0.717) is 19.0 Å². The van der Waals surface area contributed by atoms with Gasteiger partial charge in [-0.1, -0.05) is 30.3 Å². The van der Waals surface area contributed by atoms with E-state index in [4.69, 9.17) is 5.11 Å². The first-order chi connectivity index (χ1) is 9.47. The van der Waals surface area contributed by atoms with Crippen molar-refractivity contribution in [3.05, 3.63) is 35.9 Å². The molecule has 110 valence electrons. The molecule has 0 radical (unpaired) electrons. The van der Waals surface area contributed by atoms with Gasteiger partial charge in [-0.05, 0) is 30.7 Å². The van der Waals surface area contributed by atoms with Crippen LogP contribution in [0.4, 0.5) is 0 Å². The smallest absolute Gasteiger partial charge is 0.320 e. The van der Waals surface area contributed by atoms with E-state index in [9.17, 15) is 13.2 Å². The van der Waals surface area contributed by atoms with Crippen LogP contribution in [-0.4, -0.2) is 42.6 Å².